The zero-order valence-corrected chi connectivity index (χ0v) is 14.8. The van der Waals surface area contributed by atoms with Gasteiger partial charge in [0.05, 0.1) is 18.8 Å². The Bertz CT molecular complexity index is 301. The van der Waals surface area contributed by atoms with E-state index in [-0.39, 0.29) is 11.1 Å². The van der Waals surface area contributed by atoms with Crippen molar-refractivity contribution in [3.63, 3.8) is 0 Å². The van der Waals surface area contributed by atoms with E-state index in [0.717, 1.165) is 19.3 Å². The van der Waals surface area contributed by atoms with Crippen molar-refractivity contribution in [2.45, 2.75) is 89.5 Å². The minimum atomic E-state index is -1.96. The van der Waals surface area contributed by atoms with Crippen molar-refractivity contribution in [1.82, 2.24) is 0 Å². The third-order valence-corrected chi connectivity index (χ3v) is 9.19. The number of hydrogen-bond acceptors (Lipinski definition) is 4. The number of rotatable bonds is 5. The lowest BCUT2D eigenvalue weighted by atomic mass is 9.96. The largest absolute Gasteiger partial charge is 0.409 e. The van der Waals surface area contributed by atoms with E-state index in [1.54, 1.807) is 0 Å². The summed E-state index contributed by atoms with van der Waals surface area (Å²) in [5.74, 6) is 0. The second kappa shape index (κ2) is 6.88. The summed E-state index contributed by atoms with van der Waals surface area (Å²) in [5.41, 5.74) is 0. The SMILES string of the molecule is CCCC[C@@H]1OC[C@H](O[Si](C)(C)C(C)(C)C)[C@@H](O)[C@H]1O. The number of hydrogen-bond donors (Lipinski definition) is 2. The zero-order chi connectivity index (χ0) is 15.6. The molecule has 1 saturated heterocycles. The molecule has 1 rings (SSSR count). The van der Waals surface area contributed by atoms with Crippen molar-refractivity contribution in [2.24, 2.45) is 0 Å². The van der Waals surface area contributed by atoms with Crippen molar-refractivity contribution < 1.29 is 19.4 Å². The Morgan fingerprint density at radius 2 is 1.80 bits per heavy atom. The molecule has 2 N–H and O–H groups in total. The Balaban J connectivity index is 2.63. The van der Waals surface area contributed by atoms with Gasteiger partial charge in [0.1, 0.15) is 12.2 Å². The van der Waals surface area contributed by atoms with Gasteiger partial charge in [-0.3, -0.25) is 0 Å². The number of aliphatic hydroxyl groups is 2. The maximum Gasteiger partial charge on any atom is 0.192 e. The monoisotopic (exact) mass is 304 g/mol. The molecule has 0 amide bonds. The topological polar surface area (TPSA) is 58.9 Å². The molecule has 0 aliphatic carbocycles. The van der Waals surface area contributed by atoms with Crippen LogP contribution in [-0.2, 0) is 9.16 Å². The van der Waals surface area contributed by atoms with Gasteiger partial charge in [-0.2, -0.15) is 0 Å². The lowest BCUT2D eigenvalue weighted by Crippen LogP contribution is -2.57. The van der Waals surface area contributed by atoms with Gasteiger partial charge >= 0.3 is 0 Å². The molecule has 4 nitrogen and oxygen atoms in total. The van der Waals surface area contributed by atoms with Gasteiger partial charge in [0, 0.05) is 0 Å². The molecular formula is C15H32O4Si. The van der Waals surface area contributed by atoms with E-state index >= 15 is 0 Å². The van der Waals surface area contributed by atoms with E-state index in [0.29, 0.717) is 6.61 Å². The van der Waals surface area contributed by atoms with Gasteiger partial charge in [-0.05, 0) is 24.6 Å². The van der Waals surface area contributed by atoms with Crippen molar-refractivity contribution in [3.05, 3.63) is 0 Å². The Morgan fingerprint density at radius 1 is 1.20 bits per heavy atom. The van der Waals surface area contributed by atoms with Crippen molar-refractivity contribution >= 4 is 8.32 Å². The van der Waals surface area contributed by atoms with E-state index in [9.17, 15) is 10.2 Å². The van der Waals surface area contributed by atoms with Gasteiger partial charge < -0.3 is 19.4 Å². The smallest absolute Gasteiger partial charge is 0.192 e. The summed E-state index contributed by atoms with van der Waals surface area (Å²) in [5, 5.41) is 20.6. The Labute approximate surface area is 124 Å². The molecule has 1 heterocycles. The molecular weight excluding hydrogens is 272 g/mol. The summed E-state index contributed by atoms with van der Waals surface area (Å²) in [6.45, 7) is 13.3. The van der Waals surface area contributed by atoms with Crippen LogP contribution in [0.3, 0.4) is 0 Å². The fourth-order valence-electron chi connectivity index (χ4n) is 2.17. The van der Waals surface area contributed by atoms with Crippen molar-refractivity contribution in [1.29, 1.82) is 0 Å². The first-order chi connectivity index (χ1) is 9.10. The quantitative estimate of drug-likeness (QED) is 0.767. The van der Waals surface area contributed by atoms with E-state index in [1.165, 1.54) is 0 Å². The molecule has 0 aromatic rings. The van der Waals surface area contributed by atoms with Crippen LogP contribution in [0.4, 0.5) is 0 Å². The number of ether oxygens (including phenoxy) is 1. The highest BCUT2D eigenvalue weighted by Crippen LogP contribution is 2.38. The Kier molecular flexibility index (Phi) is 6.23. The van der Waals surface area contributed by atoms with E-state index in [2.05, 4.69) is 40.8 Å². The van der Waals surface area contributed by atoms with Crippen LogP contribution in [0.25, 0.3) is 0 Å². The Hall–Kier alpha value is 0.0569. The Morgan fingerprint density at radius 3 is 2.30 bits per heavy atom. The van der Waals surface area contributed by atoms with Gasteiger partial charge in [-0.15, -0.1) is 0 Å². The highest BCUT2D eigenvalue weighted by Gasteiger charge is 2.45. The number of aliphatic hydroxyl groups excluding tert-OH is 2. The molecule has 4 atom stereocenters. The van der Waals surface area contributed by atoms with Crippen LogP contribution in [-0.4, -0.2) is 49.6 Å². The van der Waals surface area contributed by atoms with E-state index in [1.807, 2.05) is 0 Å². The zero-order valence-electron chi connectivity index (χ0n) is 13.8. The fraction of sp³-hybridized carbons (Fsp3) is 1.00. The number of unbranched alkanes of at least 4 members (excludes halogenated alkanes) is 1. The molecule has 0 radical (unpaired) electrons. The van der Waals surface area contributed by atoms with Crippen LogP contribution in [0.15, 0.2) is 0 Å². The summed E-state index contributed by atoms with van der Waals surface area (Å²) in [6, 6.07) is 0. The lowest BCUT2D eigenvalue weighted by molar-refractivity contribution is -0.184. The molecule has 0 bridgehead atoms. The van der Waals surface area contributed by atoms with Gasteiger partial charge in [-0.1, -0.05) is 40.5 Å². The summed E-state index contributed by atoms with van der Waals surface area (Å²) < 4.78 is 11.9. The predicted octanol–water partition coefficient (Wildman–Crippen LogP) is 2.69. The summed E-state index contributed by atoms with van der Waals surface area (Å²) >= 11 is 0. The second-order valence-electron chi connectivity index (χ2n) is 7.41. The minimum Gasteiger partial charge on any atom is -0.409 e. The third-order valence-electron chi connectivity index (χ3n) is 4.68. The van der Waals surface area contributed by atoms with Gasteiger partial charge in [0.2, 0.25) is 0 Å². The van der Waals surface area contributed by atoms with Gasteiger partial charge in [0.15, 0.2) is 8.32 Å². The van der Waals surface area contributed by atoms with Crippen LogP contribution in [0.2, 0.25) is 18.1 Å². The predicted molar refractivity (Wildman–Crippen MR) is 83.3 cm³/mol. The molecule has 1 aliphatic rings. The van der Waals surface area contributed by atoms with Crippen LogP contribution in [0, 0.1) is 0 Å². The molecule has 0 spiro atoms. The molecule has 0 unspecified atom stereocenters. The molecule has 0 aromatic carbocycles. The molecule has 1 fully saturated rings. The highest BCUT2D eigenvalue weighted by molar-refractivity contribution is 6.74. The highest BCUT2D eigenvalue weighted by atomic mass is 28.4. The molecule has 0 saturated carbocycles. The first-order valence-electron chi connectivity index (χ1n) is 7.75. The first kappa shape index (κ1) is 18.1. The van der Waals surface area contributed by atoms with Gasteiger partial charge in [0.25, 0.3) is 0 Å². The van der Waals surface area contributed by atoms with Crippen LogP contribution >= 0.6 is 0 Å². The van der Waals surface area contributed by atoms with E-state index < -0.39 is 26.6 Å². The van der Waals surface area contributed by atoms with Gasteiger partial charge in [-0.25, -0.2) is 0 Å². The maximum atomic E-state index is 10.3. The summed E-state index contributed by atoms with van der Waals surface area (Å²) in [7, 11) is -1.96. The van der Waals surface area contributed by atoms with Crippen molar-refractivity contribution in [3.8, 4) is 0 Å². The summed E-state index contributed by atoms with van der Waals surface area (Å²) in [6.07, 6.45) is 0.494. The summed E-state index contributed by atoms with van der Waals surface area (Å²) in [4.78, 5) is 0. The molecule has 1 aliphatic heterocycles. The normalized spacial score (nSPS) is 32.4. The first-order valence-corrected chi connectivity index (χ1v) is 10.7. The van der Waals surface area contributed by atoms with Crippen LogP contribution < -0.4 is 0 Å². The second-order valence-corrected chi connectivity index (χ2v) is 12.2. The molecule has 120 valence electrons. The molecule has 0 aromatic heterocycles. The molecule has 20 heavy (non-hydrogen) atoms. The van der Waals surface area contributed by atoms with E-state index in [4.69, 9.17) is 9.16 Å². The minimum absolute atomic E-state index is 0.0801. The average molecular weight is 305 g/mol. The standard InChI is InChI=1S/C15H32O4Si/c1-7-8-9-11-13(16)14(17)12(10-18-11)19-20(5,6)15(2,3)4/h11-14,16-17H,7-10H2,1-6H3/t11-,12-,13-,14+/m0/s1. The van der Waals surface area contributed by atoms with Crippen LogP contribution in [0.5, 0.6) is 0 Å². The van der Waals surface area contributed by atoms with Crippen LogP contribution in [0.1, 0.15) is 47.0 Å². The lowest BCUT2D eigenvalue weighted by Gasteiger charge is -2.44. The fourth-order valence-corrected chi connectivity index (χ4v) is 3.49. The molecule has 5 heteroatoms. The maximum absolute atomic E-state index is 10.3. The van der Waals surface area contributed by atoms with Crippen molar-refractivity contribution in [2.75, 3.05) is 6.61 Å². The average Bonchev–Trinajstić information content (AvgIpc) is 2.32. The third kappa shape index (κ3) is 4.27.